The quantitative estimate of drug-likeness (QED) is 0.550. The molecule has 0 unspecified atom stereocenters. The van der Waals surface area contributed by atoms with E-state index in [0.717, 1.165) is 22.3 Å². The van der Waals surface area contributed by atoms with Crippen molar-refractivity contribution in [3.05, 3.63) is 47.5 Å². The van der Waals surface area contributed by atoms with Crippen molar-refractivity contribution >= 4 is 23.2 Å². The van der Waals surface area contributed by atoms with Gasteiger partial charge in [0, 0.05) is 23.6 Å². The van der Waals surface area contributed by atoms with Crippen LogP contribution >= 0.6 is 23.2 Å². The van der Waals surface area contributed by atoms with Crippen LogP contribution in [0.4, 0.5) is 0 Å². The second-order valence-electron chi connectivity index (χ2n) is 4.87. The molecule has 0 saturated heterocycles. The van der Waals surface area contributed by atoms with Gasteiger partial charge in [0.1, 0.15) is 12.2 Å². The van der Waals surface area contributed by atoms with E-state index in [9.17, 15) is 0 Å². The van der Waals surface area contributed by atoms with Crippen LogP contribution in [0.15, 0.2) is 36.4 Å². The fourth-order valence-electron chi connectivity index (χ4n) is 2.15. The summed E-state index contributed by atoms with van der Waals surface area (Å²) in [6.45, 7) is 0. The zero-order valence-corrected chi connectivity index (χ0v) is 15.1. The molecule has 0 amide bonds. The van der Waals surface area contributed by atoms with Crippen LogP contribution in [0.3, 0.4) is 0 Å². The number of hydrogen-bond acceptors (Lipinski definition) is 2. The van der Waals surface area contributed by atoms with Crippen molar-refractivity contribution in [2.24, 2.45) is 0 Å². The molecule has 0 aliphatic carbocycles. The van der Waals surface area contributed by atoms with Gasteiger partial charge in [0.15, 0.2) is 11.5 Å². The number of benzene rings is 2. The van der Waals surface area contributed by atoms with E-state index in [1.807, 2.05) is 24.3 Å². The Morgan fingerprint density at radius 1 is 0.808 bits per heavy atom. The molecule has 0 aliphatic rings. The van der Waals surface area contributed by atoms with E-state index in [-0.39, 0.29) is 0 Å². The summed E-state index contributed by atoms with van der Waals surface area (Å²) >= 11 is 12.0. The molecule has 0 bridgehead atoms. The molecule has 2 aromatic rings. The first-order valence-electron chi connectivity index (χ1n) is 7.36. The maximum atomic E-state index is 6.06. The van der Waals surface area contributed by atoms with Crippen LogP contribution in [0.25, 0.3) is 11.1 Å². The minimum Gasteiger partial charge on any atom is -0.403 e. The molecule has 126 valence electrons. The lowest BCUT2D eigenvalue weighted by molar-refractivity contribution is 0.452. The Hall–Kier alpha value is -3.14. The fraction of sp³-hybridized carbons (Fsp3) is 0.0909. The zero-order valence-electron chi connectivity index (χ0n) is 13.6. The molecule has 0 heterocycles. The smallest absolute Gasteiger partial charge is 0.184 e. The largest absolute Gasteiger partial charge is 0.403 e. The lowest BCUT2D eigenvalue weighted by atomic mass is 9.98. The molecule has 0 aliphatic heterocycles. The van der Waals surface area contributed by atoms with E-state index in [2.05, 4.69) is 35.9 Å². The number of halogens is 2. The zero-order chi connectivity index (χ0) is 18.8. The summed E-state index contributed by atoms with van der Waals surface area (Å²) in [5.41, 5.74) is 3.74. The first-order chi connectivity index (χ1) is 12.7. The average Bonchev–Trinajstić information content (AvgIpc) is 2.68. The van der Waals surface area contributed by atoms with Crippen LogP contribution in [0.1, 0.15) is 11.1 Å². The Bertz CT molecular complexity index is 1000. The van der Waals surface area contributed by atoms with Gasteiger partial charge in [0.25, 0.3) is 0 Å². The fourth-order valence-corrected chi connectivity index (χ4v) is 2.55. The molecule has 0 aromatic heterocycles. The highest BCUT2D eigenvalue weighted by Crippen LogP contribution is 2.35. The summed E-state index contributed by atoms with van der Waals surface area (Å²) in [5, 5.41) is 0. The van der Waals surface area contributed by atoms with Crippen LogP contribution in [-0.2, 0) is 11.8 Å². The van der Waals surface area contributed by atoms with E-state index in [4.69, 9.17) is 45.5 Å². The first-order valence-corrected chi connectivity index (χ1v) is 8.43. The molecule has 2 rings (SSSR count). The van der Waals surface area contributed by atoms with E-state index in [1.165, 1.54) is 0 Å². The van der Waals surface area contributed by atoms with Gasteiger partial charge >= 0.3 is 0 Å². The summed E-state index contributed by atoms with van der Waals surface area (Å²) in [7, 11) is 0. The normalized spacial score (nSPS) is 8.77. The van der Waals surface area contributed by atoms with Crippen LogP contribution in [0.5, 0.6) is 11.5 Å². The van der Waals surface area contributed by atoms with Gasteiger partial charge in [-0.15, -0.1) is 36.0 Å². The summed E-state index contributed by atoms with van der Waals surface area (Å²) in [6, 6.07) is 11.2. The monoisotopic (exact) mass is 378 g/mol. The molecule has 0 N–H and O–H groups in total. The van der Waals surface area contributed by atoms with Crippen LogP contribution < -0.4 is 9.47 Å². The van der Waals surface area contributed by atoms with Crippen molar-refractivity contribution in [3.8, 4) is 71.4 Å². The van der Waals surface area contributed by atoms with Gasteiger partial charge in [-0.05, 0) is 52.3 Å². The molecule has 0 fully saturated rings. The number of terminal acetylenes is 2. The summed E-state index contributed by atoms with van der Waals surface area (Å²) < 4.78 is 10.7. The van der Waals surface area contributed by atoms with Crippen molar-refractivity contribution in [1.82, 2.24) is 0 Å². The SMILES string of the molecule is C#CC#COc1ccc(-c2cc(CCl)ccc2CCl)cc1OC#CC#C. The maximum absolute atomic E-state index is 6.06. The molecule has 4 heteroatoms. The maximum Gasteiger partial charge on any atom is 0.184 e. The van der Waals surface area contributed by atoms with Gasteiger partial charge in [0.2, 0.25) is 0 Å². The lowest BCUT2D eigenvalue weighted by Crippen LogP contribution is -1.93. The van der Waals surface area contributed by atoms with Crippen molar-refractivity contribution < 1.29 is 9.47 Å². The van der Waals surface area contributed by atoms with Gasteiger partial charge in [-0.1, -0.05) is 18.2 Å². The van der Waals surface area contributed by atoms with Gasteiger partial charge in [-0.3, -0.25) is 0 Å². The lowest BCUT2D eigenvalue weighted by Gasteiger charge is -2.12. The Labute approximate surface area is 163 Å². The highest BCUT2D eigenvalue weighted by Gasteiger charge is 2.11. The molecule has 0 saturated carbocycles. The molecule has 2 aromatic carbocycles. The van der Waals surface area contributed by atoms with Crippen LogP contribution in [0, 0.1) is 48.7 Å². The third kappa shape index (κ3) is 4.93. The Morgan fingerprint density at radius 2 is 1.50 bits per heavy atom. The van der Waals surface area contributed by atoms with E-state index >= 15 is 0 Å². The molecule has 0 radical (unpaired) electrons. The summed E-state index contributed by atoms with van der Waals surface area (Å²) in [5.74, 6) is 10.6. The number of rotatable bonds is 5. The van der Waals surface area contributed by atoms with Crippen LogP contribution in [0.2, 0.25) is 0 Å². The van der Waals surface area contributed by atoms with Gasteiger partial charge in [-0.25, -0.2) is 0 Å². The van der Waals surface area contributed by atoms with Crippen molar-refractivity contribution in [3.63, 3.8) is 0 Å². The molecular formula is C22H12Cl2O2. The van der Waals surface area contributed by atoms with Crippen LogP contribution in [-0.4, -0.2) is 0 Å². The number of hydrogen-bond donors (Lipinski definition) is 0. The number of ether oxygens (including phenoxy) is 2. The summed E-state index contributed by atoms with van der Waals surface area (Å²) in [4.78, 5) is 0. The third-order valence-corrected chi connectivity index (χ3v) is 3.89. The second kappa shape index (κ2) is 9.99. The van der Waals surface area contributed by atoms with Gasteiger partial charge in [-0.2, -0.15) is 0 Å². The van der Waals surface area contributed by atoms with Crippen molar-refractivity contribution in [2.75, 3.05) is 0 Å². The Morgan fingerprint density at radius 3 is 2.12 bits per heavy atom. The van der Waals surface area contributed by atoms with Crippen molar-refractivity contribution in [1.29, 1.82) is 0 Å². The highest BCUT2D eigenvalue weighted by atomic mass is 35.5. The molecule has 0 atom stereocenters. The van der Waals surface area contributed by atoms with E-state index in [0.29, 0.717) is 23.3 Å². The molecule has 0 spiro atoms. The Balaban J connectivity index is 2.52. The predicted molar refractivity (Wildman–Crippen MR) is 105 cm³/mol. The standard InChI is InChI=1S/C22H12Cl2O2/c1-3-5-11-25-21-10-9-18(14-22(21)26-12-6-4-2)20-13-17(15-23)7-8-19(20)16-24/h1-2,7-10,13-14H,15-16H2. The van der Waals surface area contributed by atoms with E-state index in [1.54, 1.807) is 12.1 Å². The van der Waals surface area contributed by atoms with Gasteiger partial charge < -0.3 is 9.47 Å². The summed E-state index contributed by atoms with van der Waals surface area (Å²) in [6.07, 6.45) is 15.0. The minimum atomic E-state index is 0.355. The van der Waals surface area contributed by atoms with Crippen molar-refractivity contribution in [2.45, 2.75) is 11.8 Å². The Kier molecular flexibility index (Phi) is 7.37. The average molecular weight is 379 g/mol. The molecule has 2 nitrogen and oxygen atoms in total. The highest BCUT2D eigenvalue weighted by molar-refractivity contribution is 6.18. The topological polar surface area (TPSA) is 18.5 Å². The third-order valence-electron chi connectivity index (χ3n) is 3.30. The predicted octanol–water partition coefficient (Wildman–Crippen LogP) is 4.78. The van der Waals surface area contributed by atoms with Gasteiger partial charge in [0.05, 0.1) is 0 Å². The first kappa shape index (κ1) is 19.2. The molecule has 26 heavy (non-hydrogen) atoms. The number of alkyl halides is 2. The second-order valence-corrected chi connectivity index (χ2v) is 5.40. The van der Waals surface area contributed by atoms with E-state index < -0.39 is 0 Å². The molecular weight excluding hydrogens is 367 g/mol. The minimum absolute atomic E-state index is 0.355.